The van der Waals surface area contributed by atoms with Gasteiger partial charge in [0, 0.05) is 18.1 Å². The van der Waals surface area contributed by atoms with Crippen molar-refractivity contribution >= 4 is 16.9 Å². The maximum absolute atomic E-state index is 11.6. The molecule has 0 radical (unpaired) electrons. The Morgan fingerprint density at radius 2 is 2.00 bits per heavy atom. The maximum Gasteiger partial charge on any atom is 0.335 e. The first-order valence-corrected chi connectivity index (χ1v) is 8.39. The van der Waals surface area contributed by atoms with E-state index in [9.17, 15) is 9.90 Å². The average Bonchev–Trinajstić information content (AvgIpc) is 2.81. The number of carboxylic acid groups (broad SMARTS) is 1. The lowest BCUT2D eigenvalue weighted by molar-refractivity contribution is 0.0697. The summed E-state index contributed by atoms with van der Waals surface area (Å²) in [7, 11) is 0. The molecule has 0 fully saturated rings. The van der Waals surface area contributed by atoms with Crippen molar-refractivity contribution in [1.82, 2.24) is 4.57 Å². The highest BCUT2D eigenvalue weighted by Gasteiger charge is 2.23. The van der Waals surface area contributed by atoms with E-state index in [4.69, 9.17) is 5.73 Å². The molecule has 0 bridgehead atoms. The minimum absolute atomic E-state index is 0.112. The summed E-state index contributed by atoms with van der Waals surface area (Å²) in [5, 5.41) is 10.6. The quantitative estimate of drug-likeness (QED) is 0.848. The number of rotatable bonds is 6. The summed E-state index contributed by atoms with van der Waals surface area (Å²) < 4.78 is 2.29. The minimum atomic E-state index is -0.870. The average molecular weight is 316 g/mol. The van der Waals surface area contributed by atoms with Crippen LogP contribution in [0.15, 0.2) is 18.3 Å². The molecule has 0 atom stereocenters. The van der Waals surface area contributed by atoms with Gasteiger partial charge in [0.05, 0.1) is 11.1 Å². The van der Waals surface area contributed by atoms with Crippen LogP contribution in [0.5, 0.6) is 0 Å². The van der Waals surface area contributed by atoms with Gasteiger partial charge >= 0.3 is 5.97 Å². The van der Waals surface area contributed by atoms with Gasteiger partial charge in [-0.3, -0.25) is 0 Å². The molecule has 0 aliphatic rings. The van der Waals surface area contributed by atoms with Gasteiger partial charge in [-0.2, -0.15) is 0 Å². The highest BCUT2D eigenvalue weighted by atomic mass is 16.4. The van der Waals surface area contributed by atoms with E-state index in [2.05, 4.69) is 38.5 Å². The van der Waals surface area contributed by atoms with Crippen LogP contribution in [-0.4, -0.2) is 22.2 Å². The summed E-state index contributed by atoms with van der Waals surface area (Å²) in [4.78, 5) is 11.6. The van der Waals surface area contributed by atoms with Crippen LogP contribution in [0.25, 0.3) is 10.9 Å². The fourth-order valence-electron chi connectivity index (χ4n) is 3.12. The number of aromatic carboxylic acids is 1. The molecule has 0 unspecified atom stereocenters. The molecule has 1 aromatic carbocycles. The lowest BCUT2D eigenvalue weighted by Gasteiger charge is -2.22. The second-order valence-electron chi connectivity index (χ2n) is 7.22. The predicted octanol–water partition coefficient (Wildman–Crippen LogP) is 3.94. The van der Waals surface area contributed by atoms with E-state index in [1.165, 1.54) is 11.1 Å². The van der Waals surface area contributed by atoms with Crippen molar-refractivity contribution in [1.29, 1.82) is 0 Å². The zero-order valence-corrected chi connectivity index (χ0v) is 14.6. The molecule has 3 N–H and O–H groups in total. The number of fused-ring (bicyclic) bond motifs is 1. The molecule has 4 nitrogen and oxygen atoms in total. The Bertz CT molecular complexity index is 708. The van der Waals surface area contributed by atoms with Crippen LogP contribution >= 0.6 is 0 Å². The highest BCUT2D eigenvalue weighted by molar-refractivity contribution is 5.97. The first-order valence-electron chi connectivity index (χ1n) is 8.39. The Kier molecular flexibility index (Phi) is 5.15. The fourth-order valence-corrected chi connectivity index (χ4v) is 3.12. The van der Waals surface area contributed by atoms with Gasteiger partial charge in [0.15, 0.2) is 0 Å². The van der Waals surface area contributed by atoms with E-state index < -0.39 is 5.97 Å². The number of aryl methyl sites for hydroxylation is 2. The van der Waals surface area contributed by atoms with Gasteiger partial charge in [0.2, 0.25) is 0 Å². The first-order chi connectivity index (χ1) is 10.8. The Labute approximate surface area is 138 Å². The fraction of sp³-hybridized carbons (Fsp3) is 0.526. The van der Waals surface area contributed by atoms with Crippen molar-refractivity contribution in [2.45, 2.75) is 58.9 Å². The molecule has 23 heavy (non-hydrogen) atoms. The molecule has 0 spiro atoms. The van der Waals surface area contributed by atoms with E-state index in [1.807, 2.05) is 12.1 Å². The number of carboxylic acids is 1. The number of carbonyl (C=O) groups is 1. The van der Waals surface area contributed by atoms with Crippen molar-refractivity contribution in [2.24, 2.45) is 5.73 Å². The van der Waals surface area contributed by atoms with Gasteiger partial charge in [0.1, 0.15) is 0 Å². The summed E-state index contributed by atoms with van der Waals surface area (Å²) in [6, 6.07) is 3.66. The van der Waals surface area contributed by atoms with E-state index in [0.29, 0.717) is 12.1 Å². The third-order valence-electron chi connectivity index (χ3n) is 4.22. The Morgan fingerprint density at radius 1 is 1.30 bits per heavy atom. The van der Waals surface area contributed by atoms with Gasteiger partial charge < -0.3 is 15.4 Å². The van der Waals surface area contributed by atoms with Crippen LogP contribution in [0.4, 0.5) is 0 Å². The number of hydrogen-bond donors (Lipinski definition) is 2. The topological polar surface area (TPSA) is 68.2 Å². The summed E-state index contributed by atoms with van der Waals surface area (Å²) in [5.41, 5.74) is 9.39. The smallest absolute Gasteiger partial charge is 0.335 e. The Morgan fingerprint density at radius 3 is 2.52 bits per heavy atom. The molecule has 2 aromatic rings. The number of hydrogen-bond acceptors (Lipinski definition) is 2. The molecule has 1 heterocycles. The lowest BCUT2D eigenvalue weighted by Crippen LogP contribution is -2.15. The molecule has 0 aliphatic carbocycles. The van der Waals surface area contributed by atoms with Crippen LogP contribution in [0.3, 0.4) is 0 Å². The molecular formula is C19H28N2O2. The monoisotopic (exact) mass is 316 g/mol. The molecule has 1 aromatic heterocycles. The summed E-state index contributed by atoms with van der Waals surface area (Å²) in [6.45, 7) is 10.1. The molecule has 0 saturated heterocycles. The third kappa shape index (κ3) is 3.58. The second kappa shape index (κ2) is 6.75. The molecule has 0 aliphatic heterocycles. The maximum atomic E-state index is 11.6. The number of aromatic nitrogens is 1. The van der Waals surface area contributed by atoms with Crippen molar-refractivity contribution in [3.63, 3.8) is 0 Å². The van der Waals surface area contributed by atoms with E-state index in [0.717, 1.165) is 36.8 Å². The van der Waals surface area contributed by atoms with Gasteiger partial charge in [-0.1, -0.05) is 27.7 Å². The SMILES string of the molecule is CCCn1cc(CCCN)c2cc(C(=O)O)cc(C(C)(C)C)c21. The summed E-state index contributed by atoms with van der Waals surface area (Å²) in [6.07, 6.45) is 5.03. The summed E-state index contributed by atoms with van der Waals surface area (Å²) >= 11 is 0. The van der Waals surface area contributed by atoms with Crippen molar-refractivity contribution < 1.29 is 9.90 Å². The van der Waals surface area contributed by atoms with Crippen molar-refractivity contribution in [2.75, 3.05) is 6.54 Å². The van der Waals surface area contributed by atoms with E-state index in [1.54, 1.807) is 0 Å². The largest absolute Gasteiger partial charge is 0.478 e. The third-order valence-corrected chi connectivity index (χ3v) is 4.22. The highest BCUT2D eigenvalue weighted by Crippen LogP contribution is 2.34. The molecule has 126 valence electrons. The zero-order valence-electron chi connectivity index (χ0n) is 14.6. The second-order valence-corrected chi connectivity index (χ2v) is 7.22. The molecular weight excluding hydrogens is 288 g/mol. The Balaban J connectivity index is 2.79. The summed E-state index contributed by atoms with van der Waals surface area (Å²) in [5.74, 6) is -0.870. The van der Waals surface area contributed by atoms with Crippen LogP contribution in [0.2, 0.25) is 0 Å². The van der Waals surface area contributed by atoms with Gasteiger partial charge in [0.25, 0.3) is 0 Å². The molecule has 0 amide bonds. The minimum Gasteiger partial charge on any atom is -0.478 e. The van der Waals surface area contributed by atoms with E-state index >= 15 is 0 Å². The van der Waals surface area contributed by atoms with Gasteiger partial charge in [-0.25, -0.2) is 4.79 Å². The normalized spacial score (nSPS) is 12.0. The lowest BCUT2D eigenvalue weighted by atomic mass is 9.84. The molecule has 4 heteroatoms. The molecule has 0 saturated carbocycles. The van der Waals surface area contributed by atoms with E-state index in [-0.39, 0.29) is 5.41 Å². The molecule has 2 rings (SSSR count). The Hall–Kier alpha value is -1.81. The number of nitrogens with zero attached hydrogens (tertiary/aromatic N) is 1. The first kappa shape index (κ1) is 17.5. The van der Waals surface area contributed by atoms with Crippen LogP contribution < -0.4 is 5.73 Å². The van der Waals surface area contributed by atoms with Gasteiger partial charge in [-0.15, -0.1) is 0 Å². The predicted molar refractivity (Wildman–Crippen MR) is 95.3 cm³/mol. The van der Waals surface area contributed by atoms with Gasteiger partial charge in [-0.05, 0) is 54.5 Å². The van der Waals surface area contributed by atoms with Crippen LogP contribution in [0, 0.1) is 0 Å². The zero-order chi connectivity index (χ0) is 17.2. The van der Waals surface area contributed by atoms with Crippen molar-refractivity contribution in [3.05, 3.63) is 35.0 Å². The van der Waals surface area contributed by atoms with Crippen LogP contribution in [-0.2, 0) is 18.4 Å². The number of nitrogens with two attached hydrogens (primary N) is 1. The van der Waals surface area contributed by atoms with Crippen LogP contribution in [0.1, 0.15) is 62.0 Å². The number of benzene rings is 1. The van der Waals surface area contributed by atoms with Crippen molar-refractivity contribution in [3.8, 4) is 0 Å². The standard InChI is InChI=1S/C19H28N2O2/c1-5-9-21-12-13(7-6-8-20)15-10-14(18(22)23)11-16(17(15)21)19(2,3)4/h10-12H,5-9,20H2,1-4H3,(H,22,23).